The molecule has 1 aliphatic heterocycles. The van der Waals surface area contributed by atoms with Gasteiger partial charge in [0.15, 0.2) is 11.5 Å². The molecule has 18 heavy (non-hydrogen) atoms. The lowest BCUT2D eigenvalue weighted by molar-refractivity contribution is -0.000844. The maximum absolute atomic E-state index is 10.7. The molecule has 3 rings (SSSR count). The summed E-state index contributed by atoms with van der Waals surface area (Å²) < 4.78 is 11.3. The molecule has 0 aromatic heterocycles. The van der Waals surface area contributed by atoms with Crippen LogP contribution in [0.4, 0.5) is 0 Å². The van der Waals surface area contributed by atoms with E-state index in [1.165, 1.54) is 6.42 Å². The smallest absolute Gasteiger partial charge is 0.161 e. The lowest BCUT2D eigenvalue weighted by Crippen LogP contribution is -2.28. The fourth-order valence-corrected chi connectivity index (χ4v) is 2.88. The zero-order valence-corrected chi connectivity index (χ0v) is 10.7. The molecule has 0 radical (unpaired) electrons. The van der Waals surface area contributed by atoms with Crippen LogP contribution in [-0.2, 0) is 5.60 Å². The van der Waals surface area contributed by atoms with Gasteiger partial charge in [0.25, 0.3) is 0 Å². The Balaban J connectivity index is 1.91. The van der Waals surface area contributed by atoms with Gasteiger partial charge in [-0.1, -0.05) is 25.3 Å². The summed E-state index contributed by atoms with van der Waals surface area (Å²) in [6.07, 6.45) is 6.05. The summed E-state index contributed by atoms with van der Waals surface area (Å²) in [4.78, 5) is 0. The molecule has 1 aromatic rings. The largest absolute Gasteiger partial charge is 0.490 e. The van der Waals surface area contributed by atoms with E-state index in [2.05, 4.69) is 0 Å². The molecule has 1 aromatic carbocycles. The lowest BCUT2D eigenvalue weighted by Gasteiger charge is -2.32. The van der Waals surface area contributed by atoms with Crippen molar-refractivity contribution in [2.45, 2.75) is 44.1 Å². The highest BCUT2D eigenvalue weighted by Crippen LogP contribution is 2.40. The number of rotatable bonds is 1. The van der Waals surface area contributed by atoms with E-state index in [1.807, 2.05) is 18.2 Å². The van der Waals surface area contributed by atoms with Crippen LogP contribution in [-0.4, -0.2) is 18.3 Å². The van der Waals surface area contributed by atoms with Gasteiger partial charge in [0.1, 0.15) is 0 Å². The van der Waals surface area contributed by atoms with Crippen molar-refractivity contribution >= 4 is 0 Å². The molecule has 0 bridgehead atoms. The molecule has 2 aliphatic rings. The minimum absolute atomic E-state index is 0.664. The van der Waals surface area contributed by atoms with E-state index in [9.17, 15) is 5.11 Å². The van der Waals surface area contributed by atoms with Crippen molar-refractivity contribution in [2.24, 2.45) is 0 Å². The summed E-state index contributed by atoms with van der Waals surface area (Å²) in [6, 6.07) is 5.88. The molecular weight excluding hydrogens is 228 g/mol. The average Bonchev–Trinajstić information content (AvgIpc) is 2.64. The Morgan fingerprint density at radius 2 is 1.61 bits per heavy atom. The van der Waals surface area contributed by atoms with E-state index in [-0.39, 0.29) is 0 Å². The first-order chi connectivity index (χ1) is 8.78. The standard InChI is InChI=1S/C15H20O3/c16-15(7-2-1-3-8-15)12-5-6-13-14(11-12)18-10-4-9-17-13/h5-6,11,16H,1-4,7-10H2. The number of hydrogen-bond acceptors (Lipinski definition) is 3. The van der Waals surface area contributed by atoms with Crippen LogP contribution in [0.15, 0.2) is 18.2 Å². The Kier molecular flexibility index (Phi) is 3.16. The van der Waals surface area contributed by atoms with Gasteiger partial charge in [-0.2, -0.15) is 0 Å². The Bertz CT molecular complexity index is 422. The molecule has 98 valence electrons. The molecule has 1 aliphatic carbocycles. The first kappa shape index (κ1) is 11.8. The Morgan fingerprint density at radius 1 is 0.889 bits per heavy atom. The molecular formula is C15H20O3. The van der Waals surface area contributed by atoms with E-state index in [1.54, 1.807) is 0 Å². The maximum atomic E-state index is 10.7. The number of fused-ring (bicyclic) bond motifs is 1. The molecule has 0 amide bonds. The van der Waals surface area contributed by atoms with Crippen molar-refractivity contribution < 1.29 is 14.6 Å². The van der Waals surface area contributed by atoms with Gasteiger partial charge in [-0.05, 0) is 30.5 Å². The maximum Gasteiger partial charge on any atom is 0.161 e. The van der Waals surface area contributed by atoms with Crippen molar-refractivity contribution in [3.63, 3.8) is 0 Å². The van der Waals surface area contributed by atoms with Crippen LogP contribution in [0.2, 0.25) is 0 Å². The van der Waals surface area contributed by atoms with E-state index < -0.39 is 5.60 Å². The van der Waals surface area contributed by atoms with Gasteiger partial charge in [-0.25, -0.2) is 0 Å². The zero-order valence-electron chi connectivity index (χ0n) is 10.7. The zero-order chi connectivity index (χ0) is 12.4. The van der Waals surface area contributed by atoms with Gasteiger partial charge < -0.3 is 14.6 Å². The molecule has 0 atom stereocenters. The molecule has 1 heterocycles. The lowest BCUT2D eigenvalue weighted by atomic mass is 9.79. The van der Waals surface area contributed by atoms with Gasteiger partial charge in [0.05, 0.1) is 18.8 Å². The first-order valence-corrected chi connectivity index (χ1v) is 6.90. The van der Waals surface area contributed by atoms with Gasteiger partial charge in [0.2, 0.25) is 0 Å². The van der Waals surface area contributed by atoms with Crippen LogP contribution in [0, 0.1) is 0 Å². The predicted octanol–water partition coefficient (Wildman–Crippen LogP) is 3.00. The second-order valence-corrected chi connectivity index (χ2v) is 5.30. The van der Waals surface area contributed by atoms with Crippen LogP contribution in [0.3, 0.4) is 0 Å². The van der Waals surface area contributed by atoms with E-state index in [4.69, 9.17) is 9.47 Å². The predicted molar refractivity (Wildman–Crippen MR) is 69.0 cm³/mol. The van der Waals surface area contributed by atoms with Gasteiger partial charge in [-0.15, -0.1) is 0 Å². The summed E-state index contributed by atoms with van der Waals surface area (Å²) in [5, 5.41) is 10.7. The average molecular weight is 248 g/mol. The van der Waals surface area contributed by atoms with Crippen LogP contribution >= 0.6 is 0 Å². The van der Waals surface area contributed by atoms with Crippen molar-refractivity contribution in [3.8, 4) is 11.5 Å². The molecule has 1 saturated carbocycles. The highest BCUT2D eigenvalue weighted by atomic mass is 16.5. The number of aliphatic hydroxyl groups is 1. The number of ether oxygens (including phenoxy) is 2. The molecule has 0 saturated heterocycles. The third-order valence-electron chi connectivity index (χ3n) is 3.97. The molecule has 3 nitrogen and oxygen atoms in total. The third-order valence-corrected chi connectivity index (χ3v) is 3.97. The third kappa shape index (κ3) is 2.19. The first-order valence-electron chi connectivity index (χ1n) is 6.90. The Labute approximate surface area is 108 Å². The Hall–Kier alpha value is -1.22. The molecule has 1 fully saturated rings. The summed E-state index contributed by atoms with van der Waals surface area (Å²) in [5.41, 5.74) is 0.314. The highest BCUT2D eigenvalue weighted by Gasteiger charge is 2.32. The summed E-state index contributed by atoms with van der Waals surface area (Å²) in [5.74, 6) is 1.58. The van der Waals surface area contributed by atoms with Crippen molar-refractivity contribution in [1.29, 1.82) is 0 Å². The van der Waals surface area contributed by atoms with E-state index in [0.29, 0.717) is 13.2 Å². The monoisotopic (exact) mass is 248 g/mol. The Morgan fingerprint density at radius 3 is 2.39 bits per heavy atom. The number of benzene rings is 1. The minimum Gasteiger partial charge on any atom is -0.490 e. The highest BCUT2D eigenvalue weighted by molar-refractivity contribution is 5.45. The molecule has 3 heteroatoms. The quantitative estimate of drug-likeness (QED) is 0.830. The van der Waals surface area contributed by atoms with Gasteiger partial charge in [0, 0.05) is 6.42 Å². The van der Waals surface area contributed by atoms with E-state index in [0.717, 1.165) is 49.2 Å². The molecule has 1 N–H and O–H groups in total. The SMILES string of the molecule is OC1(c2ccc3c(c2)OCCCO3)CCCCC1. The normalized spacial score (nSPS) is 22.3. The summed E-state index contributed by atoms with van der Waals surface area (Å²) >= 11 is 0. The minimum atomic E-state index is -0.664. The fraction of sp³-hybridized carbons (Fsp3) is 0.600. The van der Waals surface area contributed by atoms with Crippen LogP contribution in [0.1, 0.15) is 44.1 Å². The summed E-state index contributed by atoms with van der Waals surface area (Å²) in [7, 11) is 0. The number of hydrogen-bond donors (Lipinski definition) is 1. The molecule has 0 spiro atoms. The summed E-state index contributed by atoms with van der Waals surface area (Å²) in [6.45, 7) is 1.39. The van der Waals surface area contributed by atoms with Crippen LogP contribution in [0.25, 0.3) is 0 Å². The van der Waals surface area contributed by atoms with Crippen LogP contribution < -0.4 is 9.47 Å². The second kappa shape index (κ2) is 4.81. The van der Waals surface area contributed by atoms with Crippen molar-refractivity contribution in [3.05, 3.63) is 23.8 Å². The topological polar surface area (TPSA) is 38.7 Å². The molecule has 0 unspecified atom stereocenters. The fourth-order valence-electron chi connectivity index (χ4n) is 2.88. The van der Waals surface area contributed by atoms with Crippen molar-refractivity contribution in [1.82, 2.24) is 0 Å². The van der Waals surface area contributed by atoms with Gasteiger partial charge in [-0.3, -0.25) is 0 Å². The van der Waals surface area contributed by atoms with E-state index >= 15 is 0 Å². The van der Waals surface area contributed by atoms with Crippen LogP contribution in [0.5, 0.6) is 11.5 Å². The second-order valence-electron chi connectivity index (χ2n) is 5.30. The van der Waals surface area contributed by atoms with Crippen molar-refractivity contribution in [2.75, 3.05) is 13.2 Å². The van der Waals surface area contributed by atoms with Gasteiger partial charge >= 0.3 is 0 Å².